The first-order chi connectivity index (χ1) is 14.9. The topological polar surface area (TPSA) is 88.7 Å². The van der Waals surface area contributed by atoms with Gasteiger partial charge in [-0.3, -0.25) is 20.4 Å². The Kier molecular flexibility index (Phi) is 7.18. The molecule has 7 heteroatoms. The Labute approximate surface area is 182 Å². The van der Waals surface area contributed by atoms with Crippen molar-refractivity contribution in [1.82, 2.24) is 10.9 Å². The highest BCUT2D eigenvalue weighted by Gasteiger charge is 2.21. The average molecular weight is 424 g/mol. The molecule has 1 heterocycles. The van der Waals surface area contributed by atoms with Gasteiger partial charge < -0.3 is 14.8 Å². The highest BCUT2D eigenvalue weighted by molar-refractivity contribution is 5.94. The number of hydrogen-bond donors (Lipinski definition) is 3. The van der Waals surface area contributed by atoms with Crippen molar-refractivity contribution in [3.8, 4) is 11.5 Å². The van der Waals surface area contributed by atoms with E-state index in [0.717, 1.165) is 40.1 Å². The van der Waals surface area contributed by atoms with Crippen LogP contribution in [0.5, 0.6) is 11.5 Å². The van der Waals surface area contributed by atoms with Gasteiger partial charge in [-0.05, 0) is 57.5 Å². The van der Waals surface area contributed by atoms with E-state index in [-0.39, 0.29) is 18.6 Å². The fourth-order valence-corrected chi connectivity index (χ4v) is 3.44. The second-order valence-corrected chi connectivity index (χ2v) is 7.61. The number of carbonyl (C=O) groups is 2. The number of anilines is 1. The molecule has 1 aliphatic heterocycles. The van der Waals surface area contributed by atoms with Crippen LogP contribution in [0, 0.1) is 13.8 Å². The molecule has 0 aliphatic carbocycles. The van der Waals surface area contributed by atoms with E-state index in [4.69, 9.17) is 9.47 Å². The summed E-state index contributed by atoms with van der Waals surface area (Å²) in [6.07, 6.45) is 3.95. The monoisotopic (exact) mass is 423 g/mol. The molecule has 3 rings (SSSR count). The van der Waals surface area contributed by atoms with Crippen LogP contribution < -0.4 is 25.6 Å². The van der Waals surface area contributed by atoms with Crippen LogP contribution in [0.3, 0.4) is 0 Å². The Hall–Kier alpha value is -3.48. The van der Waals surface area contributed by atoms with Crippen LogP contribution in [0.1, 0.15) is 36.1 Å². The summed E-state index contributed by atoms with van der Waals surface area (Å²) >= 11 is 0. The van der Waals surface area contributed by atoms with Crippen molar-refractivity contribution in [2.75, 3.05) is 18.5 Å². The van der Waals surface area contributed by atoms with Crippen molar-refractivity contribution in [2.45, 2.75) is 40.2 Å². The zero-order chi connectivity index (χ0) is 22.4. The maximum Gasteiger partial charge on any atom is 0.262 e. The van der Waals surface area contributed by atoms with Gasteiger partial charge in [-0.1, -0.05) is 17.7 Å². The number of fused-ring (bicyclic) bond motifs is 1. The minimum absolute atomic E-state index is 0.0444. The van der Waals surface area contributed by atoms with Gasteiger partial charge in [0.1, 0.15) is 17.6 Å². The fraction of sp³-hybridized carbons (Fsp3) is 0.333. The number of rotatable bonds is 7. The normalized spacial score (nSPS) is 14.6. The summed E-state index contributed by atoms with van der Waals surface area (Å²) in [6.45, 7) is 8.48. The number of aryl methyl sites for hydroxylation is 2. The number of hydrazine groups is 1. The van der Waals surface area contributed by atoms with Crippen molar-refractivity contribution < 1.29 is 19.1 Å². The van der Waals surface area contributed by atoms with E-state index in [1.54, 1.807) is 6.08 Å². The van der Waals surface area contributed by atoms with Crippen molar-refractivity contribution in [2.24, 2.45) is 0 Å². The van der Waals surface area contributed by atoms with Crippen LogP contribution in [0.4, 0.5) is 5.69 Å². The highest BCUT2D eigenvalue weighted by Crippen LogP contribution is 2.35. The summed E-state index contributed by atoms with van der Waals surface area (Å²) in [5.74, 6) is 0.709. The minimum atomic E-state index is -0.447. The lowest BCUT2D eigenvalue weighted by atomic mass is 10.1. The lowest BCUT2D eigenvalue weighted by molar-refractivity contribution is -0.125. The van der Waals surface area contributed by atoms with Crippen LogP contribution in [-0.2, 0) is 16.0 Å². The van der Waals surface area contributed by atoms with Gasteiger partial charge in [-0.15, -0.1) is 0 Å². The number of amides is 2. The van der Waals surface area contributed by atoms with Gasteiger partial charge in [0.25, 0.3) is 11.8 Å². The molecule has 0 radical (unpaired) electrons. The van der Waals surface area contributed by atoms with Crippen LogP contribution in [0.25, 0.3) is 6.08 Å². The molecule has 1 atom stereocenters. The molecule has 0 saturated carbocycles. The van der Waals surface area contributed by atoms with Gasteiger partial charge in [-0.25, -0.2) is 0 Å². The van der Waals surface area contributed by atoms with Gasteiger partial charge in [0.15, 0.2) is 0 Å². The molecule has 1 aliphatic rings. The zero-order valence-corrected chi connectivity index (χ0v) is 18.4. The third kappa shape index (κ3) is 6.01. The predicted molar refractivity (Wildman–Crippen MR) is 121 cm³/mol. The molecular weight excluding hydrogens is 394 g/mol. The SMILES string of the molecule is CCOc1cc2c(cc1/C=C/C(=O)NNC(=O)CNc1ccc(C)cc1C)O[C@H](C)C2. The summed E-state index contributed by atoms with van der Waals surface area (Å²) in [5.41, 5.74) is 9.71. The standard InChI is InChI=1S/C24H29N3O4/c1-5-30-21-13-19-11-17(4)31-22(19)12-18(21)7-9-23(28)26-27-24(29)14-25-20-8-6-15(2)10-16(20)3/h6-10,12-13,17,25H,5,11,14H2,1-4H3,(H,26,28)(H,27,29)/b9-7+/t17-/m1/s1. The second-order valence-electron chi connectivity index (χ2n) is 7.61. The first-order valence-electron chi connectivity index (χ1n) is 10.4. The van der Waals surface area contributed by atoms with Crippen molar-refractivity contribution in [3.63, 3.8) is 0 Å². The summed E-state index contributed by atoms with van der Waals surface area (Å²) < 4.78 is 11.5. The highest BCUT2D eigenvalue weighted by atomic mass is 16.5. The molecule has 2 amide bonds. The fourth-order valence-electron chi connectivity index (χ4n) is 3.44. The number of ether oxygens (including phenoxy) is 2. The molecule has 0 spiro atoms. The van der Waals surface area contributed by atoms with Crippen molar-refractivity contribution in [3.05, 3.63) is 58.7 Å². The summed E-state index contributed by atoms with van der Waals surface area (Å²) in [7, 11) is 0. The Balaban J connectivity index is 1.53. The number of carbonyl (C=O) groups excluding carboxylic acids is 2. The number of nitrogens with one attached hydrogen (secondary N) is 3. The number of hydrogen-bond acceptors (Lipinski definition) is 5. The van der Waals surface area contributed by atoms with Crippen LogP contribution in [0.15, 0.2) is 36.4 Å². The molecular formula is C24H29N3O4. The molecule has 164 valence electrons. The van der Waals surface area contributed by atoms with Gasteiger partial charge in [0.05, 0.1) is 13.2 Å². The van der Waals surface area contributed by atoms with E-state index in [0.29, 0.717) is 12.4 Å². The number of benzene rings is 2. The quantitative estimate of drug-likeness (QED) is 0.470. The van der Waals surface area contributed by atoms with E-state index in [9.17, 15) is 9.59 Å². The van der Waals surface area contributed by atoms with E-state index >= 15 is 0 Å². The molecule has 0 unspecified atom stereocenters. The lowest BCUT2D eigenvalue weighted by Gasteiger charge is -2.11. The second kappa shape index (κ2) is 10.0. The van der Waals surface area contributed by atoms with E-state index < -0.39 is 5.91 Å². The van der Waals surface area contributed by atoms with Crippen molar-refractivity contribution >= 4 is 23.6 Å². The largest absolute Gasteiger partial charge is 0.493 e. The summed E-state index contributed by atoms with van der Waals surface area (Å²) in [4.78, 5) is 24.2. The maximum absolute atomic E-state index is 12.1. The molecule has 0 bridgehead atoms. The van der Waals surface area contributed by atoms with E-state index in [1.807, 2.05) is 58.0 Å². The Bertz CT molecular complexity index is 1000. The Morgan fingerprint density at radius 3 is 2.74 bits per heavy atom. The maximum atomic E-state index is 12.1. The molecule has 31 heavy (non-hydrogen) atoms. The first kappa shape index (κ1) is 22.2. The van der Waals surface area contributed by atoms with Crippen molar-refractivity contribution in [1.29, 1.82) is 0 Å². The third-order valence-corrected chi connectivity index (χ3v) is 4.89. The summed E-state index contributed by atoms with van der Waals surface area (Å²) in [5, 5.41) is 3.06. The smallest absolute Gasteiger partial charge is 0.262 e. The zero-order valence-electron chi connectivity index (χ0n) is 18.4. The minimum Gasteiger partial charge on any atom is -0.493 e. The van der Waals surface area contributed by atoms with Crippen LogP contribution in [-0.4, -0.2) is 31.1 Å². The lowest BCUT2D eigenvalue weighted by Crippen LogP contribution is -2.43. The molecule has 7 nitrogen and oxygen atoms in total. The molecule has 3 N–H and O–H groups in total. The van der Waals surface area contributed by atoms with Crippen LogP contribution in [0.2, 0.25) is 0 Å². The molecule has 0 fully saturated rings. The predicted octanol–water partition coefficient (Wildman–Crippen LogP) is 3.30. The third-order valence-electron chi connectivity index (χ3n) is 4.89. The van der Waals surface area contributed by atoms with Gasteiger partial charge in [0.2, 0.25) is 0 Å². The van der Waals surface area contributed by atoms with Gasteiger partial charge in [-0.2, -0.15) is 0 Å². The molecule has 0 saturated heterocycles. The summed E-state index contributed by atoms with van der Waals surface area (Å²) in [6, 6.07) is 9.77. The van der Waals surface area contributed by atoms with E-state index in [1.165, 1.54) is 6.08 Å². The average Bonchev–Trinajstić information content (AvgIpc) is 3.08. The molecule has 2 aromatic carbocycles. The molecule has 2 aromatic rings. The van der Waals surface area contributed by atoms with Gasteiger partial charge in [0, 0.05) is 29.3 Å². The first-order valence-corrected chi connectivity index (χ1v) is 10.4. The molecule has 0 aromatic heterocycles. The van der Waals surface area contributed by atoms with Gasteiger partial charge >= 0.3 is 0 Å². The Morgan fingerprint density at radius 2 is 2.00 bits per heavy atom. The van der Waals surface area contributed by atoms with Crippen LogP contribution >= 0.6 is 0 Å². The Morgan fingerprint density at radius 1 is 1.19 bits per heavy atom. The van der Waals surface area contributed by atoms with E-state index in [2.05, 4.69) is 16.2 Å².